The van der Waals surface area contributed by atoms with E-state index in [9.17, 15) is 9.90 Å². The van der Waals surface area contributed by atoms with E-state index in [4.69, 9.17) is 5.11 Å². The quantitative estimate of drug-likeness (QED) is 0.760. The fourth-order valence-electron chi connectivity index (χ4n) is 1.91. The van der Waals surface area contributed by atoms with E-state index < -0.39 is 17.6 Å². The lowest BCUT2D eigenvalue weighted by Crippen LogP contribution is -2.53. The first kappa shape index (κ1) is 13.8. The Morgan fingerprint density at radius 2 is 2.12 bits per heavy atom. The van der Waals surface area contributed by atoms with Gasteiger partial charge >= 0.3 is 5.97 Å². The molecule has 0 amide bonds. The SMILES string of the molecule is CCC(O)(CC)CN1CCSCC1C(=O)O. The summed E-state index contributed by atoms with van der Waals surface area (Å²) in [4.78, 5) is 13.0. The lowest BCUT2D eigenvalue weighted by Gasteiger charge is -2.38. The van der Waals surface area contributed by atoms with Gasteiger partial charge in [-0.15, -0.1) is 0 Å². The van der Waals surface area contributed by atoms with Crippen LogP contribution in [0.3, 0.4) is 0 Å². The molecule has 0 aliphatic carbocycles. The zero-order valence-corrected chi connectivity index (χ0v) is 10.8. The van der Waals surface area contributed by atoms with Crippen LogP contribution in [0.2, 0.25) is 0 Å². The van der Waals surface area contributed by atoms with E-state index in [1.165, 1.54) is 0 Å². The molecule has 0 aromatic carbocycles. The summed E-state index contributed by atoms with van der Waals surface area (Å²) in [6.45, 7) is 5.11. The van der Waals surface area contributed by atoms with Gasteiger partial charge in [0.05, 0.1) is 5.60 Å². The van der Waals surface area contributed by atoms with Crippen molar-refractivity contribution in [3.63, 3.8) is 0 Å². The Balaban J connectivity index is 2.65. The van der Waals surface area contributed by atoms with Crippen LogP contribution in [0.5, 0.6) is 0 Å². The van der Waals surface area contributed by atoms with Crippen molar-refractivity contribution in [3.05, 3.63) is 0 Å². The van der Waals surface area contributed by atoms with Crippen molar-refractivity contribution in [2.24, 2.45) is 0 Å². The molecule has 1 aliphatic rings. The van der Waals surface area contributed by atoms with Gasteiger partial charge in [-0.25, -0.2) is 0 Å². The highest BCUT2D eigenvalue weighted by Crippen LogP contribution is 2.22. The van der Waals surface area contributed by atoms with Crippen LogP contribution in [0.4, 0.5) is 0 Å². The molecule has 1 fully saturated rings. The average Bonchev–Trinajstić information content (AvgIpc) is 2.29. The first-order valence-corrected chi connectivity index (χ1v) is 6.95. The van der Waals surface area contributed by atoms with E-state index >= 15 is 0 Å². The van der Waals surface area contributed by atoms with Crippen molar-refractivity contribution in [1.29, 1.82) is 0 Å². The molecule has 5 heteroatoms. The van der Waals surface area contributed by atoms with Crippen LogP contribution in [-0.2, 0) is 4.79 Å². The van der Waals surface area contributed by atoms with Crippen LogP contribution in [-0.4, -0.2) is 57.3 Å². The predicted molar refractivity (Wildman–Crippen MR) is 65.9 cm³/mol. The number of aliphatic carboxylic acids is 1. The Morgan fingerprint density at radius 1 is 1.50 bits per heavy atom. The Kier molecular flexibility index (Phi) is 5.08. The molecule has 1 unspecified atom stereocenters. The van der Waals surface area contributed by atoms with Crippen molar-refractivity contribution < 1.29 is 15.0 Å². The third kappa shape index (κ3) is 3.37. The molecule has 4 nitrogen and oxygen atoms in total. The van der Waals surface area contributed by atoms with Crippen molar-refractivity contribution in [2.45, 2.75) is 38.3 Å². The van der Waals surface area contributed by atoms with Gasteiger partial charge in [-0.3, -0.25) is 9.69 Å². The number of carboxylic acids is 1. The molecule has 0 aromatic rings. The van der Waals surface area contributed by atoms with Gasteiger partial charge in [0, 0.05) is 24.6 Å². The van der Waals surface area contributed by atoms with Gasteiger partial charge in [-0.1, -0.05) is 13.8 Å². The van der Waals surface area contributed by atoms with Gasteiger partial charge in [0.1, 0.15) is 6.04 Å². The summed E-state index contributed by atoms with van der Waals surface area (Å²) in [5.74, 6) is 0.799. The molecule has 0 bridgehead atoms. The van der Waals surface area contributed by atoms with Gasteiger partial charge in [0.15, 0.2) is 0 Å². The van der Waals surface area contributed by atoms with Crippen molar-refractivity contribution in [3.8, 4) is 0 Å². The molecule has 0 saturated carbocycles. The maximum Gasteiger partial charge on any atom is 0.321 e. The highest BCUT2D eigenvalue weighted by molar-refractivity contribution is 7.99. The zero-order chi connectivity index (χ0) is 12.2. The average molecular weight is 247 g/mol. The van der Waals surface area contributed by atoms with Gasteiger partial charge in [0.2, 0.25) is 0 Å². The molecule has 2 N–H and O–H groups in total. The van der Waals surface area contributed by atoms with Gasteiger partial charge < -0.3 is 10.2 Å². The highest BCUT2D eigenvalue weighted by Gasteiger charge is 2.34. The Bertz CT molecular complexity index is 243. The first-order valence-electron chi connectivity index (χ1n) is 5.79. The van der Waals surface area contributed by atoms with E-state index in [2.05, 4.69) is 0 Å². The highest BCUT2D eigenvalue weighted by atomic mass is 32.2. The number of aliphatic hydroxyl groups is 1. The summed E-state index contributed by atoms with van der Waals surface area (Å²) < 4.78 is 0. The third-order valence-electron chi connectivity index (χ3n) is 3.34. The second kappa shape index (κ2) is 5.89. The number of carbonyl (C=O) groups is 1. The fraction of sp³-hybridized carbons (Fsp3) is 0.909. The van der Waals surface area contributed by atoms with Gasteiger partial charge in [-0.05, 0) is 12.8 Å². The Labute approximate surface area is 101 Å². The lowest BCUT2D eigenvalue weighted by molar-refractivity contribution is -0.143. The molecule has 0 radical (unpaired) electrons. The van der Waals surface area contributed by atoms with E-state index in [0.29, 0.717) is 25.1 Å². The Morgan fingerprint density at radius 3 is 2.62 bits per heavy atom. The summed E-state index contributed by atoms with van der Waals surface area (Å²) in [5, 5.41) is 19.4. The second-order valence-electron chi connectivity index (χ2n) is 4.33. The first-order chi connectivity index (χ1) is 7.52. The molecule has 0 spiro atoms. The largest absolute Gasteiger partial charge is 0.480 e. The summed E-state index contributed by atoms with van der Waals surface area (Å²) in [6.07, 6.45) is 1.33. The van der Waals surface area contributed by atoms with E-state index in [1.54, 1.807) is 11.8 Å². The van der Waals surface area contributed by atoms with E-state index in [0.717, 1.165) is 12.3 Å². The molecular formula is C11H21NO3S. The molecule has 1 atom stereocenters. The van der Waals surface area contributed by atoms with Crippen molar-refractivity contribution >= 4 is 17.7 Å². The normalized spacial score (nSPS) is 23.3. The van der Waals surface area contributed by atoms with Crippen molar-refractivity contribution in [1.82, 2.24) is 4.90 Å². The minimum atomic E-state index is -0.776. The van der Waals surface area contributed by atoms with Crippen LogP contribution in [0.15, 0.2) is 0 Å². The summed E-state index contributed by atoms with van der Waals surface area (Å²) >= 11 is 1.67. The minimum absolute atomic E-state index is 0.441. The second-order valence-corrected chi connectivity index (χ2v) is 5.48. The number of thioether (sulfide) groups is 1. The van der Waals surface area contributed by atoms with Crippen LogP contribution in [0.25, 0.3) is 0 Å². The molecule has 16 heavy (non-hydrogen) atoms. The predicted octanol–water partition coefficient (Wildman–Crippen LogP) is 1.04. The number of carboxylic acid groups (broad SMARTS) is 1. The van der Waals surface area contributed by atoms with Gasteiger partial charge in [-0.2, -0.15) is 11.8 Å². The van der Waals surface area contributed by atoms with Crippen LogP contribution in [0, 0.1) is 0 Å². The lowest BCUT2D eigenvalue weighted by atomic mass is 9.96. The number of β-amino-alcohol motifs (C(OH)–C–C–N with tert-alkyl or cyclic N) is 1. The smallest absolute Gasteiger partial charge is 0.321 e. The molecule has 1 saturated heterocycles. The summed E-state index contributed by atoms with van der Waals surface area (Å²) in [6, 6.07) is -0.441. The molecule has 0 aromatic heterocycles. The number of rotatable bonds is 5. The van der Waals surface area contributed by atoms with Gasteiger partial charge in [0.25, 0.3) is 0 Å². The van der Waals surface area contributed by atoms with Crippen LogP contribution >= 0.6 is 11.8 Å². The minimum Gasteiger partial charge on any atom is -0.480 e. The van der Waals surface area contributed by atoms with E-state index in [1.807, 2.05) is 18.7 Å². The number of nitrogens with zero attached hydrogens (tertiary/aromatic N) is 1. The number of hydrogen-bond donors (Lipinski definition) is 2. The Hall–Kier alpha value is -0.260. The molecule has 1 rings (SSSR count). The molecular weight excluding hydrogens is 226 g/mol. The molecule has 94 valence electrons. The third-order valence-corrected chi connectivity index (χ3v) is 4.36. The topological polar surface area (TPSA) is 60.8 Å². The maximum atomic E-state index is 11.1. The van der Waals surface area contributed by atoms with Crippen molar-refractivity contribution in [2.75, 3.05) is 24.6 Å². The maximum absolute atomic E-state index is 11.1. The fourth-order valence-corrected chi connectivity index (χ4v) is 3.01. The van der Waals surface area contributed by atoms with Crippen LogP contribution in [0.1, 0.15) is 26.7 Å². The standard InChI is InChI=1S/C11H21NO3S/c1-3-11(15,4-2)8-12-5-6-16-7-9(12)10(13)14/h9,15H,3-8H2,1-2H3,(H,13,14). The number of hydrogen-bond acceptors (Lipinski definition) is 4. The summed E-state index contributed by atoms with van der Waals surface area (Å²) in [7, 11) is 0. The van der Waals surface area contributed by atoms with E-state index in [-0.39, 0.29) is 0 Å². The van der Waals surface area contributed by atoms with Crippen LogP contribution < -0.4 is 0 Å². The monoisotopic (exact) mass is 247 g/mol. The molecule has 1 aliphatic heterocycles. The zero-order valence-electron chi connectivity index (χ0n) is 9.98. The molecule has 1 heterocycles. The summed E-state index contributed by atoms with van der Waals surface area (Å²) in [5.41, 5.74) is -0.740.